The minimum atomic E-state index is -0.539. The van der Waals surface area contributed by atoms with Gasteiger partial charge in [-0.15, -0.1) is 0 Å². The molecule has 0 aliphatic carbocycles. The maximum Gasteiger partial charge on any atom is 0.270 e. The Morgan fingerprint density at radius 1 is 1.12 bits per heavy atom. The molecule has 1 saturated heterocycles. The van der Waals surface area contributed by atoms with Crippen LogP contribution in [0.5, 0.6) is 0 Å². The van der Waals surface area contributed by atoms with Gasteiger partial charge in [0.1, 0.15) is 5.52 Å². The Labute approximate surface area is 236 Å². The highest BCUT2D eigenvalue weighted by Crippen LogP contribution is 2.29. The van der Waals surface area contributed by atoms with E-state index in [2.05, 4.69) is 41.6 Å². The molecule has 0 spiro atoms. The number of carbonyl (C=O) groups is 1. The Kier molecular flexibility index (Phi) is 8.04. The van der Waals surface area contributed by atoms with Gasteiger partial charge in [-0.2, -0.15) is 0 Å². The van der Waals surface area contributed by atoms with Gasteiger partial charge in [-0.05, 0) is 72.6 Å². The lowest BCUT2D eigenvalue weighted by molar-refractivity contribution is -0.384. The molecule has 11 heteroatoms. The molecule has 5 rings (SSSR count). The first-order chi connectivity index (χ1) is 19.3. The van der Waals surface area contributed by atoms with Crippen LogP contribution in [0.25, 0.3) is 22.6 Å². The van der Waals surface area contributed by atoms with Crippen LogP contribution in [0.3, 0.4) is 0 Å². The fourth-order valence-corrected chi connectivity index (χ4v) is 4.75. The number of carbonyl (C=O) groups excluding carboxylic acids is 1. The number of nitro benzene ring substituents is 1. The summed E-state index contributed by atoms with van der Waals surface area (Å²) in [6.07, 6.45) is 1.05. The van der Waals surface area contributed by atoms with E-state index in [1.807, 2.05) is 23.1 Å². The van der Waals surface area contributed by atoms with Crippen molar-refractivity contribution in [3.05, 3.63) is 81.9 Å². The van der Waals surface area contributed by atoms with E-state index >= 15 is 0 Å². The SMILES string of the molecule is CC[C@H](C)c1ccc2oc(-c3ccc(NC(=S)NC(=O)c4cc([N+](=O)[O-])ccc4N4CCOCC4)cc3)nc2c1. The Bertz CT molecular complexity index is 1560. The van der Waals surface area contributed by atoms with Gasteiger partial charge in [0, 0.05) is 36.5 Å². The third kappa shape index (κ3) is 5.95. The van der Waals surface area contributed by atoms with Crippen LogP contribution in [-0.4, -0.2) is 47.2 Å². The van der Waals surface area contributed by atoms with Gasteiger partial charge in [0.05, 0.1) is 29.4 Å². The third-order valence-corrected chi connectivity index (χ3v) is 7.20. The highest BCUT2D eigenvalue weighted by atomic mass is 32.1. The van der Waals surface area contributed by atoms with Gasteiger partial charge in [0.2, 0.25) is 5.89 Å². The summed E-state index contributed by atoms with van der Waals surface area (Å²) < 4.78 is 11.4. The largest absolute Gasteiger partial charge is 0.436 e. The quantitative estimate of drug-likeness (QED) is 0.162. The van der Waals surface area contributed by atoms with Gasteiger partial charge < -0.3 is 19.4 Å². The zero-order valence-corrected chi connectivity index (χ0v) is 23.0. The van der Waals surface area contributed by atoms with E-state index in [-0.39, 0.29) is 16.4 Å². The highest BCUT2D eigenvalue weighted by molar-refractivity contribution is 7.80. The summed E-state index contributed by atoms with van der Waals surface area (Å²) in [7, 11) is 0. The number of nitrogens with zero attached hydrogens (tertiary/aromatic N) is 3. The van der Waals surface area contributed by atoms with E-state index in [0.717, 1.165) is 23.1 Å². The van der Waals surface area contributed by atoms with Crippen molar-refractivity contribution in [2.24, 2.45) is 0 Å². The average molecular weight is 560 g/mol. The standard InChI is InChI=1S/C29H29N5O5S/c1-3-18(2)20-6-11-26-24(16-20)31-28(39-26)19-4-7-21(8-5-19)30-29(40)32-27(35)23-17-22(34(36)37)9-10-25(23)33-12-14-38-15-13-33/h4-11,16-18H,3,12-15H2,1-2H3,(H2,30,32,35,40)/t18-/m0/s1. The number of amides is 1. The molecule has 2 heterocycles. The second-order valence-corrected chi connectivity index (χ2v) is 10.0. The second kappa shape index (κ2) is 11.8. The predicted octanol–water partition coefficient (Wildman–Crippen LogP) is 5.88. The van der Waals surface area contributed by atoms with Crippen molar-refractivity contribution in [3.8, 4) is 11.5 Å². The van der Waals surface area contributed by atoms with E-state index in [1.54, 1.807) is 18.2 Å². The van der Waals surface area contributed by atoms with Crippen molar-refractivity contribution >= 4 is 51.4 Å². The molecule has 4 aromatic rings. The molecule has 2 N–H and O–H groups in total. The molecule has 0 unspecified atom stereocenters. The van der Waals surface area contributed by atoms with Crippen molar-refractivity contribution in [1.29, 1.82) is 0 Å². The number of hydrogen-bond acceptors (Lipinski definition) is 8. The zero-order valence-electron chi connectivity index (χ0n) is 22.2. The summed E-state index contributed by atoms with van der Waals surface area (Å²) in [5.74, 6) is 0.421. The summed E-state index contributed by atoms with van der Waals surface area (Å²) in [6, 6.07) is 17.7. The van der Waals surface area contributed by atoms with Crippen LogP contribution < -0.4 is 15.5 Å². The van der Waals surface area contributed by atoms with Crippen LogP contribution in [-0.2, 0) is 4.74 Å². The number of hydrogen-bond donors (Lipinski definition) is 2. The number of fused-ring (bicyclic) bond motifs is 1. The number of rotatable bonds is 7. The number of oxazole rings is 1. The number of thiocarbonyl (C=S) groups is 1. The molecule has 1 atom stereocenters. The molecule has 0 bridgehead atoms. The van der Waals surface area contributed by atoms with Gasteiger partial charge in [-0.3, -0.25) is 20.2 Å². The minimum Gasteiger partial charge on any atom is -0.436 e. The Morgan fingerprint density at radius 2 is 1.88 bits per heavy atom. The predicted molar refractivity (Wildman–Crippen MR) is 158 cm³/mol. The van der Waals surface area contributed by atoms with Crippen LogP contribution in [0, 0.1) is 10.1 Å². The van der Waals surface area contributed by atoms with Crippen LogP contribution in [0.4, 0.5) is 17.1 Å². The van der Waals surface area contributed by atoms with Crippen molar-refractivity contribution in [3.63, 3.8) is 0 Å². The summed E-state index contributed by atoms with van der Waals surface area (Å²) in [5.41, 5.74) is 4.81. The van der Waals surface area contributed by atoms with E-state index in [0.29, 0.717) is 49.5 Å². The van der Waals surface area contributed by atoms with E-state index in [4.69, 9.17) is 21.4 Å². The molecule has 206 valence electrons. The zero-order chi connectivity index (χ0) is 28.2. The maximum atomic E-state index is 13.2. The first kappa shape index (κ1) is 27.2. The fraction of sp³-hybridized carbons (Fsp3) is 0.276. The number of aromatic nitrogens is 1. The number of nitrogens with one attached hydrogen (secondary N) is 2. The summed E-state index contributed by atoms with van der Waals surface area (Å²) in [5, 5.41) is 17.1. The second-order valence-electron chi connectivity index (χ2n) is 9.60. The molecule has 1 aromatic heterocycles. The van der Waals surface area contributed by atoms with Gasteiger partial charge in [-0.1, -0.05) is 19.9 Å². The number of morpholine rings is 1. The van der Waals surface area contributed by atoms with Gasteiger partial charge >= 0.3 is 0 Å². The Hall–Kier alpha value is -4.35. The third-order valence-electron chi connectivity index (χ3n) is 7.00. The smallest absolute Gasteiger partial charge is 0.270 e. The number of benzene rings is 3. The lowest BCUT2D eigenvalue weighted by Gasteiger charge is -2.30. The summed E-state index contributed by atoms with van der Waals surface area (Å²) in [6.45, 7) is 6.52. The van der Waals surface area contributed by atoms with E-state index in [9.17, 15) is 14.9 Å². The van der Waals surface area contributed by atoms with Crippen molar-refractivity contribution in [1.82, 2.24) is 10.3 Å². The molecule has 0 saturated carbocycles. The molecular formula is C29H29N5O5S. The Morgan fingerprint density at radius 3 is 2.58 bits per heavy atom. The summed E-state index contributed by atoms with van der Waals surface area (Å²) in [4.78, 5) is 30.6. The number of ether oxygens (including phenoxy) is 1. The molecule has 1 aliphatic rings. The van der Waals surface area contributed by atoms with Gasteiger partial charge in [0.25, 0.3) is 11.6 Å². The molecule has 10 nitrogen and oxygen atoms in total. The maximum absolute atomic E-state index is 13.2. The minimum absolute atomic E-state index is 0.0663. The van der Waals surface area contributed by atoms with Crippen LogP contribution >= 0.6 is 12.2 Å². The average Bonchev–Trinajstić information content (AvgIpc) is 3.40. The van der Waals surface area contributed by atoms with E-state index < -0.39 is 10.8 Å². The first-order valence-corrected chi connectivity index (χ1v) is 13.5. The summed E-state index contributed by atoms with van der Waals surface area (Å²) >= 11 is 5.37. The van der Waals surface area contributed by atoms with Gasteiger partial charge in [-0.25, -0.2) is 4.98 Å². The number of anilines is 2. The molecule has 1 aliphatic heterocycles. The van der Waals surface area contributed by atoms with Crippen molar-refractivity contribution < 1.29 is 18.9 Å². The molecule has 0 radical (unpaired) electrons. The lowest BCUT2D eigenvalue weighted by atomic mass is 9.98. The topological polar surface area (TPSA) is 123 Å². The molecule has 40 heavy (non-hydrogen) atoms. The lowest BCUT2D eigenvalue weighted by Crippen LogP contribution is -2.39. The van der Waals surface area contributed by atoms with Crippen LogP contribution in [0.1, 0.15) is 42.1 Å². The van der Waals surface area contributed by atoms with Crippen molar-refractivity contribution in [2.75, 3.05) is 36.5 Å². The normalized spacial score (nSPS) is 14.1. The van der Waals surface area contributed by atoms with E-state index in [1.165, 1.54) is 17.7 Å². The molecule has 3 aromatic carbocycles. The number of non-ortho nitro benzene ring substituents is 1. The fourth-order valence-electron chi connectivity index (χ4n) is 4.54. The van der Waals surface area contributed by atoms with Gasteiger partial charge in [0.15, 0.2) is 10.7 Å². The number of nitro groups is 1. The first-order valence-electron chi connectivity index (χ1n) is 13.1. The van der Waals surface area contributed by atoms with Crippen LogP contribution in [0.2, 0.25) is 0 Å². The molecular weight excluding hydrogens is 530 g/mol. The van der Waals surface area contributed by atoms with Crippen molar-refractivity contribution in [2.45, 2.75) is 26.2 Å². The highest BCUT2D eigenvalue weighted by Gasteiger charge is 2.23. The Balaban J connectivity index is 1.28. The molecule has 1 amide bonds. The van der Waals surface area contributed by atoms with Crippen LogP contribution in [0.15, 0.2) is 65.1 Å². The molecule has 1 fully saturated rings. The monoisotopic (exact) mass is 559 g/mol.